The molecule has 36 heavy (non-hydrogen) atoms. The fraction of sp³-hybridized carbons (Fsp3) is 0.389. The molecule has 0 bridgehead atoms. The molecule has 2 unspecified atom stereocenters. The van der Waals surface area contributed by atoms with Crippen LogP contribution in [0, 0.1) is 5.92 Å². The van der Waals surface area contributed by atoms with Gasteiger partial charge in [-0.15, -0.1) is 0 Å². The third-order valence-electron chi connectivity index (χ3n) is 7.64. The molecule has 0 amide bonds. The minimum atomic E-state index is 0.584. The molecule has 0 spiro atoms. The molecule has 1 aliphatic carbocycles. The van der Waals surface area contributed by atoms with Crippen LogP contribution in [0.15, 0.2) is 97.1 Å². The SMILES string of the molecule is CCCCCc1ccc(C2C=CC(C=CCCc3ccc(-c4ccc(CCC)cc4)cc3)CC2)cc1. The third-order valence-corrected chi connectivity index (χ3v) is 7.64. The van der Waals surface area contributed by atoms with Crippen LogP contribution in [0.25, 0.3) is 11.1 Å². The van der Waals surface area contributed by atoms with Crippen LogP contribution in [0.5, 0.6) is 0 Å². The van der Waals surface area contributed by atoms with E-state index in [1.165, 1.54) is 78.3 Å². The normalized spacial score (nSPS) is 17.6. The third kappa shape index (κ3) is 7.82. The second-order valence-electron chi connectivity index (χ2n) is 10.5. The first-order valence-corrected chi connectivity index (χ1v) is 14.4. The molecule has 1 aliphatic rings. The molecular weight excluding hydrogens is 432 g/mol. The van der Waals surface area contributed by atoms with Crippen molar-refractivity contribution in [3.8, 4) is 11.1 Å². The Kier molecular flexibility index (Phi) is 10.2. The molecule has 0 N–H and O–H groups in total. The average molecular weight is 477 g/mol. The Bertz CT molecular complexity index is 1080. The van der Waals surface area contributed by atoms with E-state index in [4.69, 9.17) is 0 Å². The lowest BCUT2D eigenvalue weighted by Gasteiger charge is -2.21. The molecule has 2 atom stereocenters. The van der Waals surface area contributed by atoms with Gasteiger partial charge in [0.05, 0.1) is 0 Å². The van der Waals surface area contributed by atoms with Crippen LogP contribution in [0.2, 0.25) is 0 Å². The van der Waals surface area contributed by atoms with Crippen molar-refractivity contribution in [2.24, 2.45) is 5.92 Å². The first kappa shape index (κ1) is 26.2. The van der Waals surface area contributed by atoms with E-state index in [-0.39, 0.29) is 0 Å². The Hall–Kier alpha value is -2.86. The maximum absolute atomic E-state index is 2.44. The maximum atomic E-state index is 2.44. The summed E-state index contributed by atoms with van der Waals surface area (Å²) in [5.41, 5.74) is 8.44. The van der Waals surface area contributed by atoms with Gasteiger partial charge in [-0.3, -0.25) is 0 Å². The number of benzene rings is 3. The highest BCUT2D eigenvalue weighted by molar-refractivity contribution is 5.64. The van der Waals surface area contributed by atoms with Crippen molar-refractivity contribution in [3.63, 3.8) is 0 Å². The summed E-state index contributed by atoms with van der Waals surface area (Å²) in [5.74, 6) is 1.17. The first-order chi connectivity index (χ1) is 17.7. The molecule has 0 heterocycles. The Morgan fingerprint density at radius 2 is 1.22 bits per heavy atom. The highest BCUT2D eigenvalue weighted by Crippen LogP contribution is 2.31. The van der Waals surface area contributed by atoms with Gasteiger partial charge in [0.15, 0.2) is 0 Å². The topological polar surface area (TPSA) is 0 Å². The van der Waals surface area contributed by atoms with Gasteiger partial charge in [0.1, 0.15) is 0 Å². The zero-order valence-electron chi connectivity index (χ0n) is 22.5. The number of hydrogen-bond acceptors (Lipinski definition) is 0. The van der Waals surface area contributed by atoms with E-state index in [1.54, 1.807) is 0 Å². The summed E-state index contributed by atoms with van der Waals surface area (Å²) in [6, 6.07) is 27.6. The fourth-order valence-electron chi connectivity index (χ4n) is 5.33. The van der Waals surface area contributed by atoms with Crippen molar-refractivity contribution in [2.75, 3.05) is 0 Å². The predicted molar refractivity (Wildman–Crippen MR) is 158 cm³/mol. The van der Waals surface area contributed by atoms with E-state index in [0.717, 1.165) is 19.3 Å². The molecule has 0 fully saturated rings. The van der Waals surface area contributed by atoms with Crippen LogP contribution in [-0.2, 0) is 19.3 Å². The summed E-state index contributed by atoms with van der Waals surface area (Å²) in [7, 11) is 0. The smallest absolute Gasteiger partial charge is 0.00185 e. The molecular formula is C36H44. The number of unbranched alkanes of at least 4 members (excludes halogenated alkanes) is 2. The lowest BCUT2D eigenvalue weighted by atomic mass is 9.84. The minimum absolute atomic E-state index is 0.584. The first-order valence-electron chi connectivity index (χ1n) is 14.4. The molecule has 0 aliphatic heterocycles. The standard InChI is InChI=1S/C36H44/c1-3-5-6-10-30-15-23-35(24-16-30)36-27-19-32(20-28-36)12-8-7-11-31-17-25-34(26-18-31)33-21-13-29(9-4-2)14-22-33/h8,12-19,21-27,32,36H,3-7,9-11,20,28H2,1-2H3. The number of hydrogen-bond donors (Lipinski definition) is 0. The summed E-state index contributed by atoms with van der Waals surface area (Å²) < 4.78 is 0. The van der Waals surface area contributed by atoms with Gasteiger partial charge >= 0.3 is 0 Å². The summed E-state index contributed by atoms with van der Waals surface area (Å²) in [5, 5.41) is 0. The summed E-state index contributed by atoms with van der Waals surface area (Å²) in [6.07, 6.45) is 21.9. The lowest BCUT2D eigenvalue weighted by molar-refractivity contribution is 0.580. The number of aryl methyl sites for hydroxylation is 3. The molecule has 0 aromatic heterocycles. The fourth-order valence-corrected chi connectivity index (χ4v) is 5.33. The monoisotopic (exact) mass is 476 g/mol. The van der Waals surface area contributed by atoms with Crippen LogP contribution in [0.1, 0.15) is 87.0 Å². The van der Waals surface area contributed by atoms with Crippen LogP contribution in [0.4, 0.5) is 0 Å². The zero-order chi connectivity index (χ0) is 25.0. The van der Waals surface area contributed by atoms with E-state index in [1.807, 2.05) is 0 Å². The van der Waals surface area contributed by atoms with Gasteiger partial charge in [0, 0.05) is 5.92 Å². The van der Waals surface area contributed by atoms with Crippen LogP contribution in [-0.4, -0.2) is 0 Å². The van der Waals surface area contributed by atoms with Gasteiger partial charge in [0.25, 0.3) is 0 Å². The molecule has 0 heteroatoms. The predicted octanol–water partition coefficient (Wildman–Crippen LogP) is 10.3. The van der Waals surface area contributed by atoms with E-state index >= 15 is 0 Å². The van der Waals surface area contributed by atoms with Crippen molar-refractivity contribution >= 4 is 0 Å². The van der Waals surface area contributed by atoms with E-state index < -0.39 is 0 Å². The van der Waals surface area contributed by atoms with Crippen molar-refractivity contribution < 1.29 is 0 Å². The highest BCUT2D eigenvalue weighted by atomic mass is 14.2. The highest BCUT2D eigenvalue weighted by Gasteiger charge is 2.15. The Morgan fingerprint density at radius 1 is 0.611 bits per heavy atom. The molecule has 188 valence electrons. The lowest BCUT2D eigenvalue weighted by Crippen LogP contribution is -2.06. The average Bonchev–Trinajstić information content (AvgIpc) is 2.93. The van der Waals surface area contributed by atoms with Crippen molar-refractivity contribution in [1.29, 1.82) is 0 Å². The largest absolute Gasteiger partial charge is 0.0876 e. The van der Waals surface area contributed by atoms with Crippen LogP contribution in [0.3, 0.4) is 0 Å². The van der Waals surface area contributed by atoms with Crippen LogP contribution < -0.4 is 0 Å². The second-order valence-corrected chi connectivity index (χ2v) is 10.5. The van der Waals surface area contributed by atoms with Crippen LogP contribution >= 0.6 is 0 Å². The van der Waals surface area contributed by atoms with Gasteiger partial charge in [0.2, 0.25) is 0 Å². The van der Waals surface area contributed by atoms with Gasteiger partial charge in [-0.2, -0.15) is 0 Å². The summed E-state index contributed by atoms with van der Waals surface area (Å²) in [6.45, 7) is 4.51. The second kappa shape index (κ2) is 14.0. The van der Waals surface area contributed by atoms with E-state index in [0.29, 0.717) is 11.8 Å². The summed E-state index contributed by atoms with van der Waals surface area (Å²) >= 11 is 0. The molecule has 3 aromatic rings. The van der Waals surface area contributed by atoms with Gasteiger partial charge < -0.3 is 0 Å². The Labute approximate surface area is 220 Å². The molecule has 0 saturated carbocycles. The van der Waals surface area contributed by atoms with Crippen molar-refractivity contribution in [1.82, 2.24) is 0 Å². The number of rotatable bonds is 12. The quantitative estimate of drug-likeness (QED) is 0.180. The molecule has 4 rings (SSSR count). The van der Waals surface area contributed by atoms with E-state index in [9.17, 15) is 0 Å². The Balaban J connectivity index is 1.21. The zero-order valence-corrected chi connectivity index (χ0v) is 22.5. The molecule has 0 saturated heterocycles. The molecule has 3 aromatic carbocycles. The summed E-state index contributed by atoms with van der Waals surface area (Å²) in [4.78, 5) is 0. The van der Waals surface area contributed by atoms with E-state index in [2.05, 4.69) is 111 Å². The molecule has 0 radical (unpaired) electrons. The maximum Gasteiger partial charge on any atom is 0.00185 e. The minimum Gasteiger partial charge on any atom is -0.0876 e. The number of allylic oxidation sites excluding steroid dienone is 4. The van der Waals surface area contributed by atoms with Gasteiger partial charge in [-0.1, -0.05) is 130 Å². The molecule has 0 nitrogen and oxygen atoms in total. The van der Waals surface area contributed by atoms with Crippen molar-refractivity contribution in [2.45, 2.75) is 84.0 Å². The Morgan fingerprint density at radius 3 is 1.81 bits per heavy atom. The van der Waals surface area contributed by atoms with Gasteiger partial charge in [-0.25, -0.2) is 0 Å². The van der Waals surface area contributed by atoms with Gasteiger partial charge in [-0.05, 0) is 84.2 Å². The van der Waals surface area contributed by atoms with Crippen molar-refractivity contribution in [3.05, 3.63) is 119 Å².